The van der Waals surface area contributed by atoms with Crippen molar-refractivity contribution in [2.45, 2.75) is 65.3 Å². The summed E-state index contributed by atoms with van der Waals surface area (Å²) in [5.74, 6) is 0.259. The predicted molar refractivity (Wildman–Crippen MR) is 99.3 cm³/mol. The molecule has 0 saturated carbocycles. The molecule has 0 saturated heterocycles. The third kappa shape index (κ3) is 4.91. The number of aromatic nitrogens is 2. The maximum absolute atomic E-state index is 13.7. The van der Waals surface area contributed by atoms with Gasteiger partial charge in [-0.3, -0.25) is 4.79 Å². The maximum atomic E-state index is 13.7. The number of rotatable bonds is 4. The van der Waals surface area contributed by atoms with Crippen molar-refractivity contribution in [1.29, 1.82) is 0 Å². The van der Waals surface area contributed by atoms with Crippen LogP contribution < -0.4 is 5.32 Å². The van der Waals surface area contributed by atoms with Crippen LogP contribution in [-0.2, 0) is 22.2 Å². The fourth-order valence-corrected chi connectivity index (χ4v) is 2.50. The highest BCUT2D eigenvalue weighted by Crippen LogP contribution is 2.28. The van der Waals surface area contributed by atoms with Crippen molar-refractivity contribution in [3.05, 3.63) is 47.4 Å². The molecule has 4 nitrogen and oxygen atoms in total. The van der Waals surface area contributed by atoms with Crippen molar-refractivity contribution >= 4 is 11.7 Å². The number of carbonyl (C=O) groups is 1. The number of nitrogens with one attached hydrogen (secondary N) is 1. The molecule has 1 aromatic carbocycles. The molecule has 0 atom stereocenters. The summed E-state index contributed by atoms with van der Waals surface area (Å²) >= 11 is 0. The minimum Gasteiger partial charge on any atom is -0.311 e. The first-order chi connectivity index (χ1) is 11.5. The first-order valence-electron chi connectivity index (χ1n) is 8.63. The van der Waals surface area contributed by atoms with Crippen LogP contribution >= 0.6 is 0 Å². The van der Waals surface area contributed by atoms with Crippen LogP contribution in [-0.4, -0.2) is 15.7 Å². The number of nitrogens with zero attached hydrogens (tertiary/aromatic N) is 2. The van der Waals surface area contributed by atoms with E-state index in [0.717, 1.165) is 5.69 Å². The summed E-state index contributed by atoms with van der Waals surface area (Å²) in [7, 11) is 0. The van der Waals surface area contributed by atoms with Gasteiger partial charge in [0, 0.05) is 17.9 Å². The number of amides is 1. The Morgan fingerprint density at radius 1 is 1.16 bits per heavy atom. The standard InChI is InChI=1S/C20H28FN3O/c1-19(2,3)16-13-17(24(23-16)20(4,5)6)22-18(25)12-11-14-9-7-8-10-15(14)21/h7-10,13H,11-12H2,1-6H3,(H,22,25). The summed E-state index contributed by atoms with van der Waals surface area (Å²) in [4.78, 5) is 12.4. The summed E-state index contributed by atoms with van der Waals surface area (Å²) in [6.07, 6.45) is 0.593. The molecular formula is C20H28FN3O. The van der Waals surface area contributed by atoms with Crippen LogP contribution in [0.2, 0.25) is 0 Å². The lowest BCUT2D eigenvalue weighted by Crippen LogP contribution is -2.27. The van der Waals surface area contributed by atoms with Gasteiger partial charge >= 0.3 is 0 Å². The Hall–Kier alpha value is -2.17. The molecule has 1 heterocycles. The Morgan fingerprint density at radius 2 is 1.80 bits per heavy atom. The highest BCUT2D eigenvalue weighted by atomic mass is 19.1. The molecule has 2 rings (SSSR count). The molecule has 0 radical (unpaired) electrons. The van der Waals surface area contributed by atoms with E-state index in [1.54, 1.807) is 18.2 Å². The van der Waals surface area contributed by atoms with Crippen molar-refractivity contribution in [3.63, 3.8) is 0 Å². The van der Waals surface area contributed by atoms with Gasteiger partial charge in [-0.05, 0) is 38.8 Å². The molecule has 0 spiro atoms. The van der Waals surface area contributed by atoms with Gasteiger partial charge < -0.3 is 5.32 Å². The van der Waals surface area contributed by atoms with E-state index < -0.39 is 0 Å². The van der Waals surface area contributed by atoms with Crippen LogP contribution in [0.25, 0.3) is 0 Å². The first kappa shape index (κ1) is 19.2. The Labute approximate surface area is 149 Å². The second kappa shape index (κ2) is 6.98. The average molecular weight is 345 g/mol. The Kier molecular flexibility index (Phi) is 5.35. The summed E-state index contributed by atoms with van der Waals surface area (Å²) in [5, 5.41) is 7.62. The van der Waals surface area contributed by atoms with Crippen molar-refractivity contribution in [1.82, 2.24) is 9.78 Å². The molecule has 1 N–H and O–H groups in total. The molecule has 2 aromatic rings. The lowest BCUT2D eigenvalue weighted by molar-refractivity contribution is -0.116. The summed E-state index contributed by atoms with van der Waals surface area (Å²) in [6.45, 7) is 12.4. The Balaban J connectivity index is 2.14. The summed E-state index contributed by atoms with van der Waals surface area (Å²) < 4.78 is 15.5. The highest BCUT2D eigenvalue weighted by molar-refractivity contribution is 5.90. The zero-order valence-corrected chi connectivity index (χ0v) is 16.0. The molecule has 25 heavy (non-hydrogen) atoms. The van der Waals surface area contributed by atoms with E-state index in [2.05, 4.69) is 31.2 Å². The van der Waals surface area contributed by atoms with E-state index in [1.165, 1.54) is 6.07 Å². The lowest BCUT2D eigenvalue weighted by Gasteiger charge is -2.23. The maximum Gasteiger partial charge on any atom is 0.225 e. The molecule has 0 aliphatic rings. The first-order valence-corrected chi connectivity index (χ1v) is 8.63. The van der Waals surface area contributed by atoms with E-state index in [4.69, 9.17) is 0 Å². The third-order valence-corrected chi connectivity index (χ3v) is 3.96. The van der Waals surface area contributed by atoms with Crippen molar-refractivity contribution in [2.24, 2.45) is 0 Å². The molecule has 1 amide bonds. The molecule has 0 aliphatic carbocycles. The number of carbonyl (C=O) groups excluding carboxylic acids is 1. The van der Waals surface area contributed by atoms with Crippen molar-refractivity contribution in [2.75, 3.05) is 5.32 Å². The van der Waals surface area contributed by atoms with Gasteiger partial charge in [0.05, 0.1) is 11.2 Å². The summed E-state index contributed by atoms with van der Waals surface area (Å²) in [5.41, 5.74) is 1.12. The molecule has 136 valence electrons. The van der Waals surface area contributed by atoms with E-state index in [1.807, 2.05) is 31.5 Å². The van der Waals surface area contributed by atoms with Gasteiger partial charge in [-0.15, -0.1) is 0 Å². The number of halogens is 1. The Bertz CT molecular complexity index is 751. The van der Waals surface area contributed by atoms with E-state index >= 15 is 0 Å². The molecule has 0 fully saturated rings. The SMILES string of the molecule is CC(C)(C)c1cc(NC(=O)CCc2ccccc2F)n(C(C)(C)C)n1. The molecular weight excluding hydrogens is 317 g/mol. The topological polar surface area (TPSA) is 46.9 Å². The Morgan fingerprint density at radius 3 is 2.36 bits per heavy atom. The molecule has 0 unspecified atom stereocenters. The van der Waals surface area contributed by atoms with Crippen LogP contribution in [0.3, 0.4) is 0 Å². The van der Waals surface area contributed by atoms with Gasteiger partial charge in [0.15, 0.2) is 0 Å². The number of hydrogen-bond donors (Lipinski definition) is 1. The predicted octanol–water partition coefficient (Wildman–Crippen LogP) is 4.65. The van der Waals surface area contributed by atoms with Crippen molar-refractivity contribution in [3.8, 4) is 0 Å². The fourth-order valence-electron chi connectivity index (χ4n) is 2.50. The smallest absolute Gasteiger partial charge is 0.225 e. The largest absolute Gasteiger partial charge is 0.311 e. The number of hydrogen-bond acceptors (Lipinski definition) is 2. The number of aryl methyl sites for hydroxylation is 1. The molecule has 1 aromatic heterocycles. The van der Waals surface area contributed by atoms with Crippen LogP contribution in [0.1, 0.15) is 59.2 Å². The summed E-state index contributed by atoms with van der Waals surface area (Å²) in [6, 6.07) is 8.47. The van der Waals surface area contributed by atoms with Gasteiger partial charge in [0.1, 0.15) is 11.6 Å². The fraction of sp³-hybridized carbons (Fsp3) is 0.500. The molecule has 5 heteroatoms. The van der Waals surface area contributed by atoms with Crippen LogP contribution in [0.15, 0.2) is 30.3 Å². The second-order valence-electron chi connectivity index (χ2n) is 8.39. The zero-order valence-electron chi connectivity index (χ0n) is 16.0. The van der Waals surface area contributed by atoms with E-state index in [0.29, 0.717) is 17.8 Å². The van der Waals surface area contributed by atoms with Gasteiger partial charge in [-0.1, -0.05) is 39.0 Å². The van der Waals surface area contributed by atoms with Crippen molar-refractivity contribution < 1.29 is 9.18 Å². The van der Waals surface area contributed by atoms with Gasteiger partial charge in [0.25, 0.3) is 0 Å². The number of benzene rings is 1. The average Bonchev–Trinajstić information content (AvgIpc) is 2.90. The quantitative estimate of drug-likeness (QED) is 0.877. The third-order valence-electron chi connectivity index (χ3n) is 3.96. The number of anilines is 1. The molecule has 0 aliphatic heterocycles. The second-order valence-corrected chi connectivity index (χ2v) is 8.39. The minimum atomic E-state index is -0.273. The highest BCUT2D eigenvalue weighted by Gasteiger charge is 2.25. The zero-order chi connectivity index (χ0) is 18.8. The van der Waals surface area contributed by atoms with Gasteiger partial charge in [-0.25, -0.2) is 9.07 Å². The van der Waals surface area contributed by atoms with E-state index in [-0.39, 0.29) is 29.1 Å². The van der Waals surface area contributed by atoms with Crippen LogP contribution in [0, 0.1) is 5.82 Å². The normalized spacial score (nSPS) is 12.3. The molecule has 0 bridgehead atoms. The monoisotopic (exact) mass is 345 g/mol. The van der Waals surface area contributed by atoms with E-state index in [9.17, 15) is 9.18 Å². The van der Waals surface area contributed by atoms with Crippen LogP contribution in [0.5, 0.6) is 0 Å². The minimum absolute atomic E-state index is 0.108. The lowest BCUT2D eigenvalue weighted by atomic mass is 9.92. The van der Waals surface area contributed by atoms with Gasteiger partial charge in [-0.2, -0.15) is 5.10 Å². The van der Waals surface area contributed by atoms with Gasteiger partial charge in [0.2, 0.25) is 5.91 Å². The van der Waals surface area contributed by atoms with Crippen LogP contribution in [0.4, 0.5) is 10.2 Å².